The summed E-state index contributed by atoms with van der Waals surface area (Å²) in [5, 5.41) is 0.655. The molecule has 7 heteroatoms. The average molecular weight is 554 g/mol. The maximum atomic E-state index is 13.2. The molecule has 0 amide bonds. The molecule has 2 fully saturated rings. The van der Waals surface area contributed by atoms with Crippen molar-refractivity contribution in [2.75, 3.05) is 19.1 Å². The van der Waals surface area contributed by atoms with E-state index in [2.05, 4.69) is 27.5 Å². The zero-order valence-electron chi connectivity index (χ0n) is 17.4. The second kappa shape index (κ2) is 9.36. The molecule has 2 aromatic carbocycles. The zero-order chi connectivity index (χ0) is 22.1. The highest BCUT2D eigenvalue weighted by Crippen LogP contribution is 2.56. The van der Waals surface area contributed by atoms with Gasteiger partial charge in [0.15, 0.2) is 0 Å². The number of hydrogen-bond donors (Lipinski definition) is 0. The summed E-state index contributed by atoms with van der Waals surface area (Å²) in [6, 6.07) is 17.4. The molecule has 0 bridgehead atoms. The number of carbonyl (C=O) groups excluding carboxylic acids is 2. The van der Waals surface area contributed by atoms with E-state index in [9.17, 15) is 9.59 Å². The monoisotopic (exact) mass is 553 g/mol. The van der Waals surface area contributed by atoms with Crippen LogP contribution in [0.4, 0.5) is 5.69 Å². The minimum atomic E-state index is -0.491. The highest BCUT2D eigenvalue weighted by Gasteiger charge is 2.60. The van der Waals surface area contributed by atoms with Crippen LogP contribution < -0.4 is 4.90 Å². The van der Waals surface area contributed by atoms with Gasteiger partial charge in [-0.1, -0.05) is 64.5 Å². The van der Waals surface area contributed by atoms with Gasteiger partial charge in [-0.2, -0.15) is 0 Å². The Bertz CT molecular complexity index is 938. The van der Waals surface area contributed by atoms with E-state index in [-0.39, 0.29) is 39.8 Å². The van der Waals surface area contributed by atoms with Crippen molar-refractivity contribution in [2.45, 2.75) is 28.8 Å². The molecule has 1 saturated heterocycles. The lowest BCUT2D eigenvalue weighted by atomic mass is 9.70. The summed E-state index contributed by atoms with van der Waals surface area (Å²) in [5.41, 5.74) is 2.00. The lowest BCUT2D eigenvalue weighted by Crippen LogP contribution is -2.48. The molecule has 1 saturated carbocycles. The van der Waals surface area contributed by atoms with Crippen LogP contribution in [0.2, 0.25) is 5.02 Å². The maximum absolute atomic E-state index is 13.2. The number of fused-ring (bicyclic) bond motifs is 1. The number of nitrogens with zero attached hydrogens (tertiary/aromatic N) is 1. The molecule has 0 unspecified atom stereocenters. The lowest BCUT2D eigenvalue weighted by Gasteiger charge is -2.41. The fraction of sp³-hybridized carbons (Fsp3) is 0.417. The number of methoxy groups -OCH3 is 2. The summed E-state index contributed by atoms with van der Waals surface area (Å²) in [4.78, 5) is 28.3. The molecule has 1 aliphatic carbocycles. The Hall–Kier alpha value is -1.80. The number of anilines is 1. The van der Waals surface area contributed by atoms with Gasteiger partial charge in [0, 0.05) is 26.6 Å². The standard InChI is InChI=1S/C24H25ClINO4/c1-30-23(28)17-12-13-18(26)22-19(17)20(24(29)31-2)21(14-6-4-3-5-7-14)27(22)16-10-8-15(25)9-11-16/h3-11,17-22H,12-13H2,1-2H3/t17-,18+,19-,20-,21-,22-/m0/s1. The number of carbonyl (C=O) groups is 2. The SMILES string of the molecule is COC(=O)[C@H]1[C@H]2[C@H]([C@H](I)CC[C@@H]2C(=O)OC)N(c2ccc(Cl)cc2)[C@H]1c1ccccc1. The van der Waals surface area contributed by atoms with Crippen LogP contribution >= 0.6 is 34.2 Å². The van der Waals surface area contributed by atoms with Crippen LogP contribution in [0.15, 0.2) is 54.6 Å². The van der Waals surface area contributed by atoms with E-state index in [0.29, 0.717) is 11.4 Å². The predicted octanol–water partition coefficient (Wildman–Crippen LogP) is 5.06. The molecule has 164 valence electrons. The van der Waals surface area contributed by atoms with Gasteiger partial charge < -0.3 is 14.4 Å². The fourth-order valence-corrected chi connectivity index (χ4v) is 6.70. The van der Waals surface area contributed by atoms with Crippen molar-refractivity contribution in [2.24, 2.45) is 17.8 Å². The molecule has 31 heavy (non-hydrogen) atoms. The Morgan fingerprint density at radius 3 is 2.23 bits per heavy atom. The number of hydrogen-bond acceptors (Lipinski definition) is 5. The minimum Gasteiger partial charge on any atom is -0.469 e. The van der Waals surface area contributed by atoms with Crippen LogP contribution in [0.3, 0.4) is 0 Å². The Morgan fingerprint density at radius 1 is 0.968 bits per heavy atom. The minimum absolute atomic E-state index is 0.0195. The molecule has 1 heterocycles. The van der Waals surface area contributed by atoms with Crippen molar-refractivity contribution in [1.29, 1.82) is 0 Å². The van der Waals surface area contributed by atoms with Crippen molar-refractivity contribution in [1.82, 2.24) is 0 Å². The summed E-state index contributed by atoms with van der Waals surface area (Å²) in [7, 11) is 2.84. The van der Waals surface area contributed by atoms with Gasteiger partial charge in [-0.25, -0.2) is 0 Å². The summed E-state index contributed by atoms with van der Waals surface area (Å²) in [6.45, 7) is 0. The van der Waals surface area contributed by atoms with Gasteiger partial charge >= 0.3 is 11.9 Å². The van der Waals surface area contributed by atoms with Gasteiger partial charge in [-0.15, -0.1) is 0 Å². The smallest absolute Gasteiger partial charge is 0.311 e. The molecule has 0 N–H and O–H groups in total. The third kappa shape index (κ3) is 4.04. The van der Waals surface area contributed by atoms with Crippen LogP contribution in [0, 0.1) is 17.8 Å². The average Bonchev–Trinajstić information content (AvgIpc) is 3.16. The van der Waals surface area contributed by atoms with Gasteiger partial charge in [-0.05, 0) is 42.7 Å². The highest BCUT2D eigenvalue weighted by atomic mass is 127. The molecule has 1 aliphatic heterocycles. The second-order valence-electron chi connectivity index (χ2n) is 8.08. The van der Waals surface area contributed by atoms with E-state index in [1.165, 1.54) is 14.2 Å². The number of halogens is 2. The van der Waals surface area contributed by atoms with E-state index < -0.39 is 5.92 Å². The summed E-state index contributed by atoms with van der Waals surface area (Å²) in [6.07, 6.45) is 1.58. The molecule has 0 spiro atoms. The quantitative estimate of drug-likeness (QED) is 0.301. The largest absolute Gasteiger partial charge is 0.469 e. The zero-order valence-corrected chi connectivity index (χ0v) is 20.3. The normalized spacial score (nSPS) is 29.9. The third-order valence-electron chi connectivity index (χ3n) is 6.60. The van der Waals surface area contributed by atoms with Crippen molar-refractivity contribution >= 4 is 51.8 Å². The summed E-state index contributed by atoms with van der Waals surface area (Å²) >= 11 is 8.64. The van der Waals surface area contributed by atoms with Crippen LogP contribution in [0.1, 0.15) is 24.4 Å². The highest BCUT2D eigenvalue weighted by molar-refractivity contribution is 14.1. The van der Waals surface area contributed by atoms with Crippen LogP contribution in [0.25, 0.3) is 0 Å². The Balaban J connectivity index is 1.92. The van der Waals surface area contributed by atoms with E-state index in [1.54, 1.807) is 0 Å². The van der Waals surface area contributed by atoms with E-state index in [4.69, 9.17) is 21.1 Å². The van der Waals surface area contributed by atoms with Gasteiger partial charge in [0.1, 0.15) is 0 Å². The number of benzene rings is 2. The maximum Gasteiger partial charge on any atom is 0.311 e. The van der Waals surface area contributed by atoms with Gasteiger partial charge in [-0.3, -0.25) is 9.59 Å². The van der Waals surface area contributed by atoms with Crippen molar-refractivity contribution in [3.8, 4) is 0 Å². The van der Waals surface area contributed by atoms with Gasteiger partial charge in [0.2, 0.25) is 0 Å². The van der Waals surface area contributed by atoms with E-state index in [1.807, 2.05) is 54.6 Å². The Labute approximate surface area is 201 Å². The number of rotatable bonds is 4. The molecule has 2 aromatic rings. The second-order valence-corrected chi connectivity index (χ2v) is 10.1. The molecule has 5 nitrogen and oxygen atoms in total. The van der Waals surface area contributed by atoms with E-state index in [0.717, 1.165) is 17.7 Å². The van der Waals surface area contributed by atoms with Crippen LogP contribution in [0.5, 0.6) is 0 Å². The van der Waals surface area contributed by atoms with Crippen molar-refractivity contribution in [3.05, 3.63) is 65.2 Å². The molecule has 0 radical (unpaired) electrons. The first-order valence-corrected chi connectivity index (χ1v) is 12.0. The molecule has 4 rings (SSSR count). The van der Waals surface area contributed by atoms with Gasteiger partial charge in [0.25, 0.3) is 0 Å². The van der Waals surface area contributed by atoms with Crippen LogP contribution in [-0.2, 0) is 19.1 Å². The van der Waals surface area contributed by atoms with Crippen molar-refractivity contribution < 1.29 is 19.1 Å². The Kier molecular flexibility index (Phi) is 6.77. The van der Waals surface area contributed by atoms with Crippen molar-refractivity contribution in [3.63, 3.8) is 0 Å². The van der Waals surface area contributed by atoms with Crippen LogP contribution in [-0.4, -0.2) is 36.1 Å². The number of alkyl halides is 1. The molecule has 6 atom stereocenters. The summed E-state index contributed by atoms with van der Waals surface area (Å²) < 4.78 is 10.7. The molecular weight excluding hydrogens is 529 g/mol. The predicted molar refractivity (Wildman–Crippen MR) is 128 cm³/mol. The fourth-order valence-electron chi connectivity index (χ4n) is 5.39. The molecule has 0 aromatic heterocycles. The first kappa shape index (κ1) is 22.4. The first-order chi connectivity index (χ1) is 15.0. The molecular formula is C24H25ClINO4. The lowest BCUT2D eigenvalue weighted by molar-refractivity contribution is -0.154. The number of esters is 2. The third-order valence-corrected chi connectivity index (χ3v) is 8.21. The number of ether oxygens (including phenoxy) is 2. The van der Waals surface area contributed by atoms with E-state index >= 15 is 0 Å². The topological polar surface area (TPSA) is 55.8 Å². The van der Waals surface area contributed by atoms with Gasteiger partial charge in [0.05, 0.1) is 32.1 Å². The first-order valence-electron chi connectivity index (χ1n) is 10.4. The Morgan fingerprint density at radius 2 is 1.61 bits per heavy atom. The summed E-state index contributed by atoms with van der Waals surface area (Å²) in [5.74, 6) is -1.60. The molecule has 2 aliphatic rings.